The number of aliphatic imine (C=N–C) groups is 1. The molecule has 0 heterocycles. The predicted octanol–water partition coefficient (Wildman–Crippen LogP) is 2.60. The lowest BCUT2D eigenvalue weighted by atomic mass is 10.1. The molecule has 0 aliphatic carbocycles. The van der Waals surface area contributed by atoms with Crippen molar-refractivity contribution in [2.75, 3.05) is 27.2 Å². The van der Waals surface area contributed by atoms with Gasteiger partial charge in [0.1, 0.15) is 6.54 Å². The first-order valence-corrected chi connectivity index (χ1v) is 7.82. The maximum atomic E-state index is 11.7. The largest absolute Gasteiger partial charge is 0.353 e. The van der Waals surface area contributed by atoms with Gasteiger partial charge < -0.3 is 15.5 Å². The number of rotatable bonds is 6. The van der Waals surface area contributed by atoms with E-state index in [9.17, 15) is 4.79 Å². The van der Waals surface area contributed by atoms with Crippen LogP contribution in [0.2, 0.25) is 5.02 Å². The molecule has 0 bridgehead atoms. The molecule has 0 aliphatic rings. The number of likely N-dealkylation sites (N-methyl/N-ethyl adjacent to an activating group) is 1. The second kappa shape index (κ2) is 9.20. The van der Waals surface area contributed by atoms with Crippen molar-refractivity contribution in [2.45, 2.75) is 19.9 Å². The van der Waals surface area contributed by atoms with E-state index in [0.717, 1.165) is 11.1 Å². The van der Waals surface area contributed by atoms with Gasteiger partial charge in [-0.3, -0.25) is 4.79 Å². The van der Waals surface area contributed by atoms with E-state index in [4.69, 9.17) is 11.6 Å². The third-order valence-electron chi connectivity index (χ3n) is 3.13. The predicted molar refractivity (Wildman–Crippen MR) is 96.8 cm³/mol. The standard InChI is InChI=1S/C17H25ClN4O/c1-12(2)10-19-17(20-11-16(23)22(4)5)21-13(3)14-7-6-8-15(18)9-14/h6-9,13H,1,10-11H2,2-5H3,(H2,19,20,21). The Bertz CT molecular complexity index is 584. The minimum absolute atomic E-state index is 0.000436. The number of guanidine groups is 1. The highest BCUT2D eigenvalue weighted by molar-refractivity contribution is 6.30. The molecule has 23 heavy (non-hydrogen) atoms. The summed E-state index contributed by atoms with van der Waals surface area (Å²) in [6.07, 6.45) is 0. The molecule has 1 unspecified atom stereocenters. The van der Waals surface area contributed by atoms with Gasteiger partial charge in [-0.15, -0.1) is 0 Å². The molecule has 5 nitrogen and oxygen atoms in total. The van der Waals surface area contributed by atoms with E-state index in [2.05, 4.69) is 22.2 Å². The van der Waals surface area contributed by atoms with Gasteiger partial charge in [0.15, 0.2) is 5.96 Å². The topological polar surface area (TPSA) is 56.7 Å². The third kappa shape index (κ3) is 7.19. The summed E-state index contributed by atoms with van der Waals surface area (Å²) in [6.45, 7) is 8.47. The van der Waals surface area contributed by atoms with Crippen molar-refractivity contribution in [3.63, 3.8) is 0 Å². The lowest BCUT2D eigenvalue weighted by Gasteiger charge is -2.19. The van der Waals surface area contributed by atoms with Gasteiger partial charge in [-0.25, -0.2) is 4.99 Å². The van der Waals surface area contributed by atoms with E-state index >= 15 is 0 Å². The molecular formula is C17H25ClN4O. The van der Waals surface area contributed by atoms with Gasteiger partial charge >= 0.3 is 0 Å². The highest BCUT2D eigenvalue weighted by atomic mass is 35.5. The fraction of sp³-hybridized carbons (Fsp3) is 0.412. The Balaban J connectivity index is 2.80. The van der Waals surface area contributed by atoms with Crippen molar-refractivity contribution in [3.05, 3.63) is 47.0 Å². The number of hydrogen-bond acceptors (Lipinski definition) is 2. The second-order valence-electron chi connectivity index (χ2n) is 5.68. The van der Waals surface area contributed by atoms with Gasteiger partial charge in [0, 0.05) is 25.7 Å². The fourth-order valence-corrected chi connectivity index (χ4v) is 1.94. The summed E-state index contributed by atoms with van der Waals surface area (Å²) in [5, 5.41) is 7.13. The normalized spacial score (nSPS) is 12.5. The van der Waals surface area contributed by atoms with Crippen molar-refractivity contribution >= 4 is 23.5 Å². The highest BCUT2D eigenvalue weighted by Crippen LogP contribution is 2.17. The van der Waals surface area contributed by atoms with Crippen LogP contribution in [0.15, 0.2) is 41.4 Å². The maximum absolute atomic E-state index is 11.7. The number of nitrogens with zero attached hydrogens (tertiary/aromatic N) is 2. The Kier molecular flexibility index (Phi) is 7.62. The SMILES string of the molecule is C=C(C)CNC(=NCC(=O)N(C)C)NC(C)c1cccc(Cl)c1. The zero-order valence-corrected chi connectivity index (χ0v) is 14.9. The van der Waals surface area contributed by atoms with Crippen LogP contribution in [-0.2, 0) is 4.79 Å². The first kappa shape index (κ1) is 19.0. The number of benzene rings is 1. The Labute approximate surface area is 143 Å². The molecule has 1 aromatic rings. The first-order chi connectivity index (χ1) is 10.8. The van der Waals surface area contributed by atoms with Crippen LogP contribution < -0.4 is 10.6 Å². The molecular weight excluding hydrogens is 312 g/mol. The van der Waals surface area contributed by atoms with Crippen LogP contribution in [0, 0.1) is 0 Å². The minimum atomic E-state index is -0.0585. The zero-order valence-electron chi connectivity index (χ0n) is 14.2. The molecule has 1 rings (SSSR count). The van der Waals surface area contributed by atoms with Crippen LogP contribution in [0.5, 0.6) is 0 Å². The molecule has 1 atom stereocenters. The summed E-state index contributed by atoms with van der Waals surface area (Å²) < 4.78 is 0. The Morgan fingerprint density at radius 3 is 2.70 bits per heavy atom. The zero-order chi connectivity index (χ0) is 17.4. The van der Waals surface area contributed by atoms with E-state index in [0.29, 0.717) is 17.5 Å². The van der Waals surface area contributed by atoms with Crippen LogP contribution in [0.4, 0.5) is 0 Å². The molecule has 0 spiro atoms. The van der Waals surface area contributed by atoms with Crippen molar-refractivity contribution in [3.8, 4) is 0 Å². The number of carbonyl (C=O) groups excluding carboxylic acids is 1. The lowest BCUT2D eigenvalue weighted by molar-refractivity contribution is -0.127. The maximum Gasteiger partial charge on any atom is 0.243 e. The van der Waals surface area contributed by atoms with E-state index in [1.807, 2.05) is 38.1 Å². The van der Waals surface area contributed by atoms with Gasteiger partial charge in [0.05, 0.1) is 6.04 Å². The van der Waals surface area contributed by atoms with Crippen molar-refractivity contribution in [2.24, 2.45) is 4.99 Å². The Hall–Kier alpha value is -2.01. The van der Waals surface area contributed by atoms with Crippen LogP contribution in [-0.4, -0.2) is 44.0 Å². The van der Waals surface area contributed by atoms with Crippen molar-refractivity contribution in [1.82, 2.24) is 15.5 Å². The third-order valence-corrected chi connectivity index (χ3v) is 3.37. The molecule has 0 radical (unpaired) electrons. The lowest BCUT2D eigenvalue weighted by Crippen LogP contribution is -2.40. The fourth-order valence-electron chi connectivity index (χ4n) is 1.74. The summed E-state index contributed by atoms with van der Waals surface area (Å²) in [5.41, 5.74) is 2.02. The van der Waals surface area contributed by atoms with Crippen LogP contribution in [0.3, 0.4) is 0 Å². The Morgan fingerprint density at radius 2 is 2.13 bits per heavy atom. The number of nitrogens with one attached hydrogen (secondary N) is 2. The summed E-state index contributed by atoms with van der Waals surface area (Å²) in [7, 11) is 3.42. The molecule has 0 fully saturated rings. The smallest absolute Gasteiger partial charge is 0.243 e. The minimum Gasteiger partial charge on any atom is -0.353 e. The van der Waals surface area contributed by atoms with Crippen LogP contribution >= 0.6 is 11.6 Å². The average Bonchev–Trinajstić information content (AvgIpc) is 2.49. The molecule has 0 saturated heterocycles. The second-order valence-corrected chi connectivity index (χ2v) is 6.12. The quantitative estimate of drug-likeness (QED) is 0.477. The van der Waals surface area contributed by atoms with E-state index < -0.39 is 0 Å². The molecule has 0 aromatic heterocycles. The summed E-state index contributed by atoms with van der Waals surface area (Å²) in [5.74, 6) is 0.507. The van der Waals surface area contributed by atoms with E-state index in [-0.39, 0.29) is 18.5 Å². The van der Waals surface area contributed by atoms with Gasteiger partial charge in [0.2, 0.25) is 5.91 Å². The van der Waals surface area contributed by atoms with Gasteiger partial charge in [-0.2, -0.15) is 0 Å². The average molecular weight is 337 g/mol. The molecule has 6 heteroatoms. The summed E-state index contributed by atoms with van der Waals surface area (Å²) >= 11 is 6.03. The van der Waals surface area contributed by atoms with Gasteiger partial charge in [-0.05, 0) is 31.5 Å². The molecule has 126 valence electrons. The number of hydrogen-bond donors (Lipinski definition) is 2. The molecule has 1 amide bonds. The summed E-state index contributed by atoms with van der Waals surface area (Å²) in [4.78, 5) is 17.6. The molecule has 1 aromatic carbocycles. The monoisotopic (exact) mass is 336 g/mol. The molecule has 2 N–H and O–H groups in total. The summed E-state index contributed by atoms with van der Waals surface area (Å²) in [6, 6.07) is 7.64. The first-order valence-electron chi connectivity index (χ1n) is 7.44. The number of halogens is 1. The van der Waals surface area contributed by atoms with Crippen molar-refractivity contribution in [1.29, 1.82) is 0 Å². The molecule has 0 aliphatic heterocycles. The Morgan fingerprint density at radius 1 is 1.43 bits per heavy atom. The van der Waals surface area contributed by atoms with Crippen molar-refractivity contribution < 1.29 is 4.79 Å². The van der Waals surface area contributed by atoms with Crippen LogP contribution in [0.25, 0.3) is 0 Å². The van der Waals surface area contributed by atoms with Gasteiger partial charge in [0.25, 0.3) is 0 Å². The van der Waals surface area contributed by atoms with E-state index in [1.165, 1.54) is 4.90 Å². The number of amides is 1. The van der Waals surface area contributed by atoms with E-state index in [1.54, 1.807) is 14.1 Å². The van der Waals surface area contributed by atoms with Gasteiger partial charge in [-0.1, -0.05) is 35.9 Å². The highest BCUT2D eigenvalue weighted by Gasteiger charge is 2.10. The number of carbonyl (C=O) groups is 1. The molecule has 0 saturated carbocycles. The van der Waals surface area contributed by atoms with Crippen LogP contribution in [0.1, 0.15) is 25.5 Å².